The number of aliphatic hydroxyl groups excluding tert-OH is 1. The van der Waals surface area contributed by atoms with Gasteiger partial charge in [-0.15, -0.1) is 0 Å². The van der Waals surface area contributed by atoms with Crippen LogP contribution in [0.5, 0.6) is 0 Å². The summed E-state index contributed by atoms with van der Waals surface area (Å²) in [5.74, 6) is -0.224. The van der Waals surface area contributed by atoms with Crippen molar-refractivity contribution in [3.63, 3.8) is 0 Å². The molecule has 0 aromatic heterocycles. The quantitative estimate of drug-likeness (QED) is 0.534. The van der Waals surface area contributed by atoms with E-state index in [4.69, 9.17) is 0 Å². The number of urea groups is 1. The molecule has 0 unspecified atom stereocenters. The van der Waals surface area contributed by atoms with Gasteiger partial charge in [0.05, 0.1) is 6.10 Å². The molecule has 2 aliphatic carbocycles. The zero-order chi connectivity index (χ0) is 12.6. The number of fused-ring (bicyclic) bond motifs is 3. The third kappa shape index (κ3) is 0.957. The van der Waals surface area contributed by atoms with Crippen molar-refractivity contribution in [1.82, 2.24) is 10.6 Å². The molecule has 17 heavy (non-hydrogen) atoms. The van der Waals surface area contributed by atoms with Crippen molar-refractivity contribution in [3.05, 3.63) is 0 Å². The van der Waals surface area contributed by atoms with E-state index in [1.54, 1.807) is 0 Å². The first-order chi connectivity index (χ1) is 7.74. The highest BCUT2D eigenvalue weighted by Crippen LogP contribution is 2.69. The van der Waals surface area contributed by atoms with E-state index in [1.807, 2.05) is 6.92 Å². The van der Waals surface area contributed by atoms with Crippen LogP contribution in [0.4, 0.5) is 4.79 Å². The van der Waals surface area contributed by atoms with Gasteiger partial charge in [-0.3, -0.25) is 10.1 Å². The minimum atomic E-state index is -0.797. The van der Waals surface area contributed by atoms with Gasteiger partial charge in [0, 0.05) is 5.41 Å². The van der Waals surface area contributed by atoms with Crippen molar-refractivity contribution in [2.45, 2.75) is 45.3 Å². The zero-order valence-electron chi connectivity index (χ0n) is 10.3. The van der Waals surface area contributed by atoms with Gasteiger partial charge in [-0.25, -0.2) is 4.79 Å². The van der Waals surface area contributed by atoms with E-state index in [-0.39, 0.29) is 22.7 Å². The molecule has 1 heterocycles. The molecule has 94 valence electrons. The summed E-state index contributed by atoms with van der Waals surface area (Å²) in [5, 5.41) is 15.3. The Morgan fingerprint density at radius 1 is 1.29 bits per heavy atom. The van der Waals surface area contributed by atoms with E-state index in [0.29, 0.717) is 12.8 Å². The van der Waals surface area contributed by atoms with E-state index in [0.717, 1.165) is 0 Å². The van der Waals surface area contributed by atoms with Gasteiger partial charge in [-0.05, 0) is 24.2 Å². The highest BCUT2D eigenvalue weighted by Gasteiger charge is 2.74. The smallest absolute Gasteiger partial charge is 0.322 e. The molecular weight excluding hydrogens is 220 g/mol. The third-order valence-corrected chi connectivity index (χ3v) is 5.75. The van der Waals surface area contributed by atoms with Gasteiger partial charge in [-0.2, -0.15) is 0 Å². The third-order valence-electron chi connectivity index (χ3n) is 5.75. The number of hydrogen-bond acceptors (Lipinski definition) is 3. The number of nitrogens with one attached hydrogen (secondary N) is 2. The van der Waals surface area contributed by atoms with Crippen molar-refractivity contribution in [1.29, 1.82) is 0 Å². The average Bonchev–Trinajstić information content (AvgIpc) is 2.61. The van der Waals surface area contributed by atoms with Crippen molar-refractivity contribution >= 4 is 11.9 Å². The van der Waals surface area contributed by atoms with Crippen LogP contribution in [0.2, 0.25) is 0 Å². The molecule has 1 aliphatic heterocycles. The first kappa shape index (κ1) is 11.0. The lowest BCUT2D eigenvalue weighted by Gasteiger charge is -2.37. The molecule has 5 heteroatoms. The van der Waals surface area contributed by atoms with Crippen LogP contribution in [0, 0.1) is 16.7 Å². The summed E-state index contributed by atoms with van der Waals surface area (Å²) in [7, 11) is 0. The molecule has 4 atom stereocenters. The van der Waals surface area contributed by atoms with E-state index < -0.39 is 17.7 Å². The summed E-state index contributed by atoms with van der Waals surface area (Å²) in [6.45, 7) is 6.19. The number of amides is 3. The minimum absolute atomic E-state index is 0.00134. The minimum Gasteiger partial charge on any atom is -0.393 e. The van der Waals surface area contributed by atoms with Crippen molar-refractivity contribution < 1.29 is 14.7 Å². The molecular formula is C12H18N2O3. The SMILES string of the molecule is CC1(C)[C@H]2C[C@@H](O)[C@@]1(C)C[C@]21NC(=O)NC1=O. The largest absolute Gasteiger partial charge is 0.393 e. The predicted octanol–water partition coefficient (Wildman–Crippen LogP) is 0.382. The molecule has 0 radical (unpaired) electrons. The number of rotatable bonds is 0. The Kier molecular flexibility index (Phi) is 1.72. The molecule has 0 aromatic carbocycles. The first-order valence-electron chi connectivity index (χ1n) is 6.06. The Hall–Kier alpha value is -1.10. The highest BCUT2D eigenvalue weighted by atomic mass is 16.3. The van der Waals surface area contributed by atoms with Crippen LogP contribution in [-0.2, 0) is 4.79 Å². The lowest BCUT2D eigenvalue weighted by Crippen LogP contribution is -2.54. The molecule has 1 spiro atoms. The second-order valence-corrected chi connectivity index (χ2v) is 6.50. The van der Waals surface area contributed by atoms with Gasteiger partial charge >= 0.3 is 6.03 Å². The summed E-state index contributed by atoms with van der Waals surface area (Å²) in [6, 6.07) is -0.406. The molecule has 0 aromatic rings. The molecule has 5 nitrogen and oxygen atoms in total. The van der Waals surface area contributed by atoms with Gasteiger partial charge in [-0.1, -0.05) is 20.8 Å². The molecule has 2 bridgehead atoms. The second-order valence-electron chi connectivity index (χ2n) is 6.50. The molecule has 3 aliphatic rings. The van der Waals surface area contributed by atoms with Crippen LogP contribution in [0.3, 0.4) is 0 Å². The lowest BCUT2D eigenvalue weighted by atomic mass is 9.70. The molecule has 1 saturated heterocycles. The Morgan fingerprint density at radius 3 is 2.29 bits per heavy atom. The number of aliphatic hydroxyl groups is 1. The summed E-state index contributed by atoms with van der Waals surface area (Å²) >= 11 is 0. The Morgan fingerprint density at radius 2 is 1.94 bits per heavy atom. The van der Waals surface area contributed by atoms with Gasteiger partial charge in [0.2, 0.25) is 0 Å². The van der Waals surface area contributed by atoms with E-state index >= 15 is 0 Å². The fourth-order valence-corrected chi connectivity index (χ4v) is 4.35. The van der Waals surface area contributed by atoms with E-state index in [2.05, 4.69) is 24.5 Å². The van der Waals surface area contributed by atoms with Crippen LogP contribution >= 0.6 is 0 Å². The first-order valence-corrected chi connectivity index (χ1v) is 6.06. The van der Waals surface area contributed by atoms with E-state index in [9.17, 15) is 14.7 Å². The van der Waals surface area contributed by atoms with Gasteiger partial charge < -0.3 is 10.4 Å². The van der Waals surface area contributed by atoms with Crippen molar-refractivity contribution in [2.24, 2.45) is 16.7 Å². The fourth-order valence-electron chi connectivity index (χ4n) is 4.35. The maximum Gasteiger partial charge on any atom is 0.322 e. The Labute approximate surface area is 100.0 Å². The highest BCUT2D eigenvalue weighted by molar-refractivity contribution is 6.07. The Balaban J connectivity index is 2.10. The average molecular weight is 238 g/mol. The van der Waals surface area contributed by atoms with Crippen molar-refractivity contribution in [3.8, 4) is 0 Å². The number of carbonyl (C=O) groups is 2. The van der Waals surface area contributed by atoms with Gasteiger partial charge in [0.25, 0.3) is 5.91 Å². The predicted molar refractivity (Wildman–Crippen MR) is 60.0 cm³/mol. The van der Waals surface area contributed by atoms with Crippen LogP contribution in [0.1, 0.15) is 33.6 Å². The summed E-state index contributed by atoms with van der Waals surface area (Å²) < 4.78 is 0. The summed E-state index contributed by atoms with van der Waals surface area (Å²) in [5.41, 5.74) is -1.26. The monoisotopic (exact) mass is 238 g/mol. The zero-order valence-corrected chi connectivity index (χ0v) is 10.3. The van der Waals surface area contributed by atoms with Crippen LogP contribution in [0.25, 0.3) is 0 Å². The van der Waals surface area contributed by atoms with Gasteiger partial charge in [0.15, 0.2) is 0 Å². The molecule has 3 amide bonds. The topological polar surface area (TPSA) is 78.4 Å². The van der Waals surface area contributed by atoms with Crippen LogP contribution in [0.15, 0.2) is 0 Å². The number of hydrogen-bond donors (Lipinski definition) is 3. The standard InChI is InChI=1S/C12H18N2O3/c1-10(2)6-4-7(15)11(10,3)5-12(6)8(16)13-9(17)14-12/h6-7,15H,4-5H2,1-3H3,(H2,13,14,16,17)/t6-,7-,11-,12+/m1/s1. The number of carbonyl (C=O) groups excluding carboxylic acids is 2. The summed E-state index contributed by atoms with van der Waals surface area (Å²) in [4.78, 5) is 23.4. The molecule has 3 N–H and O–H groups in total. The molecule has 3 fully saturated rings. The van der Waals surface area contributed by atoms with Gasteiger partial charge in [0.1, 0.15) is 5.54 Å². The molecule has 2 saturated carbocycles. The normalized spacial score (nSPS) is 50.8. The molecule has 3 rings (SSSR count). The van der Waals surface area contributed by atoms with Crippen molar-refractivity contribution in [2.75, 3.05) is 0 Å². The maximum absolute atomic E-state index is 12.1. The Bertz CT molecular complexity index is 433. The fraction of sp³-hybridized carbons (Fsp3) is 0.833. The lowest BCUT2D eigenvalue weighted by molar-refractivity contribution is -0.127. The van der Waals surface area contributed by atoms with Crippen LogP contribution in [-0.4, -0.2) is 28.7 Å². The number of imide groups is 1. The maximum atomic E-state index is 12.1. The second kappa shape index (κ2) is 2.66. The summed E-state index contributed by atoms with van der Waals surface area (Å²) in [6.07, 6.45) is 0.714. The van der Waals surface area contributed by atoms with Crippen LogP contribution < -0.4 is 10.6 Å². The van der Waals surface area contributed by atoms with E-state index in [1.165, 1.54) is 0 Å².